The fourth-order valence-electron chi connectivity index (χ4n) is 1.66. The Morgan fingerprint density at radius 1 is 0.944 bits per heavy atom. The maximum absolute atomic E-state index is 5.24. The van der Waals surface area contributed by atoms with Gasteiger partial charge in [-0.05, 0) is 30.5 Å². The van der Waals surface area contributed by atoms with Gasteiger partial charge in [0.25, 0.3) is 0 Å². The summed E-state index contributed by atoms with van der Waals surface area (Å²) in [4.78, 5) is 0. The van der Waals surface area contributed by atoms with Crippen LogP contribution in [0.2, 0.25) is 0 Å². The van der Waals surface area contributed by atoms with Crippen molar-refractivity contribution < 1.29 is 9.47 Å². The van der Waals surface area contributed by atoms with E-state index in [1.165, 1.54) is 18.4 Å². The summed E-state index contributed by atoms with van der Waals surface area (Å²) in [6.45, 7) is 2.18. The van der Waals surface area contributed by atoms with Crippen molar-refractivity contribution >= 4 is 0 Å². The molecule has 1 rings (SSSR count). The summed E-state index contributed by atoms with van der Waals surface area (Å²) in [6, 6.07) is 5.96. The van der Waals surface area contributed by atoms with E-state index in [0.29, 0.717) is 0 Å². The third kappa shape index (κ3) is 5.14. The van der Waals surface area contributed by atoms with Gasteiger partial charge >= 0.3 is 0 Å². The molecule has 0 spiro atoms. The van der Waals surface area contributed by atoms with Crippen molar-refractivity contribution in [1.29, 1.82) is 0 Å². The van der Waals surface area contributed by atoms with Gasteiger partial charge in [0.1, 0.15) is 11.5 Å². The van der Waals surface area contributed by atoms with Gasteiger partial charge in [-0.1, -0.05) is 13.3 Å². The Labute approximate surface area is 110 Å². The van der Waals surface area contributed by atoms with Crippen LogP contribution in [0, 0.1) is 11.8 Å². The molecule has 2 heteroatoms. The number of unbranched alkanes of at least 4 members (excludes halogenated alkanes) is 2. The molecule has 2 nitrogen and oxygen atoms in total. The van der Waals surface area contributed by atoms with E-state index in [9.17, 15) is 0 Å². The zero-order valence-corrected chi connectivity index (χ0v) is 11.6. The minimum atomic E-state index is 0.836. The maximum atomic E-state index is 5.24. The number of ether oxygens (including phenoxy) is 2. The third-order valence-corrected chi connectivity index (χ3v) is 2.73. The van der Waals surface area contributed by atoms with Crippen molar-refractivity contribution in [3.8, 4) is 23.3 Å². The van der Waals surface area contributed by atoms with Crippen LogP contribution in [-0.2, 0) is 6.42 Å². The van der Waals surface area contributed by atoms with Gasteiger partial charge in [0, 0.05) is 18.9 Å². The highest BCUT2D eigenvalue weighted by Gasteiger charge is 2.00. The van der Waals surface area contributed by atoms with Crippen LogP contribution in [0.25, 0.3) is 0 Å². The number of rotatable bonds is 6. The predicted molar refractivity (Wildman–Crippen MR) is 75.2 cm³/mol. The number of hydrogen-bond donors (Lipinski definition) is 0. The van der Waals surface area contributed by atoms with Crippen molar-refractivity contribution in [3.63, 3.8) is 0 Å². The molecule has 0 saturated heterocycles. The molecule has 0 bridgehead atoms. The summed E-state index contributed by atoms with van der Waals surface area (Å²) in [6.07, 6.45) is 5.24. The predicted octanol–water partition coefficient (Wildman–Crippen LogP) is 3.83. The van der Waals surface area contributed by atoms with E-state index in [0.717, 1.165) is 30.8 Å². The van der Waals surface area contributed by atoms with Crippen LogP contribution in [0.5, 0.6) is 11.5 Å². The molecule has 0 N–H and O–H groups in total. The Balaban J connectivity index is 2.52. The van der Waals surface area contributed by atoms with Crippen molar-refractivity contribution in [2.45, 2.75) is 39.0 Å². The Kier molecular flexibility index (Phi) is 6.79. The van der Waals surface area contributed by atoms with Gasteiger partial charge in [-0.2, -0.15) is 0 Å². The van der Waals surface area contributed by atoms with Crippen LogP contribution in [0.15, 0.2) is 18.2 Å². The summed E-state index contributed by atoms with van der Waals surface area (Å²) in [5.74, 6) is 8.09. The molecule has 1 aromatic rings. The van der Waals surface area contributed by atoms with Crippen LogP contribution in [0.3, 0.4) is 0 Å². The molecule has 0 saturated carbocycles. The zero-order chi connectivity index (χ0) is 13.2. The summed E-state index contributed by atoms with van der Waals surface area (Å²) >= 11 is 0. The molecular weight excluding hydrogens is 224 g/mol. The summed E-state index contributed by atoms with van der Waals surface area (Å²) < 4.78 is 10.5. The molecule has 0 aromatic heterocycles. The van der Waals surface area contributed by atoms with Crippen LogP contribution < -0.4 is 9.47 Å². The van der Waals surface area contributed by atoms with Gasteiger partial charge in [0.15, 0.2) is 0 Å². The van der Waals surface area contributed by atoms with Crippen LogP contribution in [0.1, 0.15) is 38.2 Å². The third-order valence-electron chi connectivity index (χ3n) is 2.73. The Hall–Kier alpha value is -1.62. The van der Waals surface area contributed by atoms with Crippen molar-refractivity contribution in [3.05, 3.63) is 23.8 Å². The monoisotopic (exact) mass is 246 g/mol. The fourth-order valence-corrected chi connectivity index (χ4v) is 1.66. The summed E-state index contributed by atoms with van der Waals surface area (Å²) in [5.41, 5.74) is 1.20. The van der Waals surface area contributed by atoms with Gasteiger partial charge in [-0.25, -0.2) is 0 Å². The first-order valence-electron chi connectivity index (χ1n) is 6.47. The molecule has 0 amide bonds. The molecule has 0 aliphatic carbocycles. The van der Waals surface area contributed by atoms with E-state index >= 15 is 0 Å². The molecule has 0 heterocycles. The second-order valence-corrected chi connectivity index (χ2v) is 4.18. The smallest absolute Gasteiger partial charge is 0.122 e. The van der Waals surface area contributed by atoms with Gasteiger partial charge in [-0.3, -0.25) is 0 Å². The average molecular weight is 246 g/mol. The second kappa shape index (κ2) is 8.47. The van der Waals surface area contributed by atoms with E-state index in [-0.39, 0.29) is 0 Å². The Morgan fingerprint density at radius 2 is 1.56 bits per heavy atom. The number of benzene rings is 1. The highest BCUT2D eigenvalue weighted by atomic mass is 16.5. The molecule has 0 aliphatic heterocycles. The van der Waals surface area contributed by atoms with Gasteiger partial charge in [0.2, 0.25) is 0 Å². The normalized spacial score (nSPS) is 9.50. The standard InChI is InChI=1S/C16H22O2/c1-4-5-6-7-8-9-10-14-11-15(17-2)13-16(12-14)18-3/h11-13H,4-6,9-10H2,1-3H3. The first-order chi connectivity index (χ1) is 8.80. The summed E-state index contributed by atoms with van der Waals surface area (Å²) in [5, 5.41) is 0. The van der Waals surface area contributed by atoms with E-state index in [4.69, 9.17) is 9.47 Å². The van der Waals surface area contributed by atoms with Crippen LogP contribution in [-0.4, -0.2) is 14.2 Å². The number of hydrogen-bond acceptors (Lipinski definition) is 2. The Morgan fingerprint density at radius 3 is 2.11 bits per heavy atom. The quantitative estimate of drug-likeness (QED) is 0.561. The van der Waals surface area contributed by atoms with E-state index in [1.807, 2.05) is 18.2 Å². The van der Waals surface area contributed by atoms with E-state index in [1.54, 1.807) is 14.2 Å². The van der Waals surface area contributed by atoms with Crippen LogP contribution >= 0.6 is 0 Å². The SMILES string of the molecule is CCCCC#CCCc1cc(OC)cc(OC)c1. The first kappa shape index (κ1) is 14.4. The first-order valence-corrected chi connectivity index (χ1v) is 6.47. The minimum absolute atomic E-state index is 0.836. The van der Waals surface area contributed by atoms with E-state index < -0.39 is 0 Å². The van der Waals surface area contributed by atoms with Gasteiger partial charge in [0.05, 0.1) is 14.2 Å². The molecule has 1 aromatic carbocycles. The molecule has 98 valence electrons. The minimum Gasteiger partial charge on any atom is -0.497 e. The lowest BCUT2D eigenvalue weighted by molar-refractivity contribution is 0.393. The Bertz CT molecular complexity index is 391. The lowest BCUT2D eigenvalue weighted by atomic mass is 10.1. The largest absolute Gasteiger partial charge is 0.497 e. The maximum Gasteiger partial charge on any atom is 0.122 e. The topological polar surface area (TPSA) is 18.5 Å². The highest BCUT2D eigenvalue weighted by Crippen LogP contribution is 2.23. The lowest BCUT2D eigenvalue weighted by Crippen LogP contribution is -1.91. The molecule has 0 atom stereocenters. The van der Waals surface area contributed by atoms with Crippen molar-refractivity contribution in [2.24, 2.45) is 0 Å². The van der Waals surface area contributed by atoms with Gasteiger partial charge in [-0.15, -0.1) is 11.8 Å². The van der Waals surface area contributed by atoms with Crippen molar-refractivity contribution in [1.82, 2.24) is 0 Å². The van der Waals surface area contributed by atoms with Crippen molar-refractivity contribution in [2.75, 3.05) is 14.2 Å². The molecule has 18 heavy (non-hydrogen) atoms. The van der Waals surface area contributed by atoms with Crippen LogP contribution in [0.4, 0.5) is 0 Å². The molecular formula is C16H22O2. The highest BCUT2D eigenvalue weighted by molar-refractivity contribution is 5.38. The molecule has 0 aliphatic rings. The van der Waals surface area contributed by atoms with Gasteiger partial charge < -0.3 is 9.47 Å². The fraction of sp³-hybridized carbons (Fsp3) is 0.500. The van der Waals surface area contributed by atoms with E-state index in [2.05, 4.69) is 18.8 Å². The zero-order valence-electron chi connectivity index (χ0n) is 11.6. The molecule has 0 fully saturated rings. The molecule has 0 unspecified atom stereocenters. The second-order valence-electron chi connectivity index (χ2n) is 4.18. The number of methoxy groups -OCH3 is 2. The lowest BCUT2D eigenvalue weighted by Gasteiger charge is -2.07. The summed E-state index contributed by atoms with van der Waals surface area (Å²) in [7, 11) is 3.34. The number of aryl methyl sites for hydroxylation is 1. The molecule has 0 radical (unpaired) electrons. The average Bonchev–Trinajstić information content (AvgIpc) is 2.42.